The monoisotopic (exact) mass is 362 g/mol. The van der Waals surface area contributed by atoms with E-state index in [1.807, 2.05) is 12.1 Å². The highest BCUT2D eigenvalue weighted by Gasteiger charge is 2.28. The molecule has 3 N–H and O–H groups in total. The minimum atomic E-state index is -0.355. The molecular weight excluding hydrogens is 344 g/mol. The van der Waals surface area contributed by atoms with Gasteiger partial charge in [-0.3, -0.25) is 9.80 Å². The SMILES string of the molecule is N#Cc1cc(C#N)c2cc(C(=O)N(N)[C@H]3CC[C@@H](CN=[N+]=[N-])CC3)[nH]c2c1. The molecule has 1 aromatic carbocycles. The Kier molecular flexibility index (Phi) is 5.28. The van der Waals surface area contributed by atoms with E-state index in [4.69, 9.17) is 16.6 Å². The molecule has 9 heteroatoms. The van der Waals surface area contributed by atoms with Crippen LogP contribution in [0.5, 0.6) is 0 Å². The number of aromatic nitrogens is 1. The number of carbonyl (C=O) groups excluding carboxylic acids is 1. The quantitative estimate of drug-likeness (QED) is 0.214. The zero-order valence-corrected chi connectivity index (χ0v) is 14.6. The van der Waals surface area contributed by atoms with Crippen LogP contribution in [0, 0.1) is 28.6 Å². The molecule has 0 radical (unpaired) electrons. The van der Waals surface area contributed by atoms with Gasteiger partial charge in [-0.1, -0.05) is 5.11 Å². The van der Waals surface area contributed by atoms with Crippen molar-refractivity contribution < 1.29 is 4.79 Å². The summed E-state index contributed by atoms with van der Waals surface area (Å²) >= 11 is 0. The fourth-order valence-corrected chi connectivity index (χ4v) is 3.57. The van der Waals surface area contributed by atoms with E-state index in [1.165, 1.54) is 11.1 Å². The van der Waals surface area contributed by atoms with Crippen molar-refractivity contribution in [2.45, 2.75) is 31.7 Å². The van der Waals surface area contributed by atoms with E-state index in [0.717, 1.165) is 25.7 Å². The summed E-state index contributed by atoms with van der Waals surface area (Å²) in [5.74, 6) is 6.06. The molecule has 1 heterocycles. The van der Waals surface area contributed by atoms with E-state index in [9.17, 15) is 10.1 Å². The van der Waals surface area contributed by atoms with Gasteiger partial charge in [0.1, 0.15) is 5.69 Å². The van der Waals surface area contributed by atoms with Gasteiger partial charge in [0, 0.05) is 28.4 Å². The Morgan fingerprint density at radius 1 is 1.30 bits per heavy atom. The number of fused-ring (bicyclic) bond motifs is 1. The zero-order valence-electron chi connectivity index (χ0n) is 14.6. The maximum Gasteiger partial charge on any atom is 0.284 e. The molecule has 9 nitrogen and oxygen atoms in total. The summed E-state index contributed by atoms with van der Waals surface area (Å²) in [5, 5.41) is 23.8. The first-order chi connectivity index (χ1) is 13.1. The molecule has 0 saturated heterocycles. The van der Waals surface area contributed by atoms with Crippen molar-refractivity contribution in [2.24, 2.45) is 16.9 Å². The van der Waals surface area contributed by atoms with Gasteiger partial charge >= 0.3 is 0 Å². The predicted molar refractivity (Wildman–Crippen MR) is 97.8 cm³/mol. The summed E-state index contributed by atoms with van der Waals surface area (Å²) < 4.78 is 0. The Balaban J connectivity index is 1.77. The second-order valence-corrected chi connectivity index (χ2v) is 6.69. The highest BCUT2D eigenvalue weighted by Crippen LogP contribution is 2.28. The number of hydrazine groups is 1. The van der Waals surface area contributed by atoms with Gasteiger partial charge in [-0.05, 0) is 55.3 Å². The summed E-state index contributed by atoms with van der Waals surface area (Å²) in [6, 6.07) is 8.67. The summed E-state index contributed by atoms with van der Waals surface area (Å²) in [4.78, 5) is 18.5. The van der Waals surface area contributed by atoms with E-state index in [-0.39, 0.29) is 17.6 Å². The Morgan fingerprint density at radius 2 is 2.04 bits per heavy atom. The molecular formula is C18H18N8O. The number of H-pyrrole nitrogens is 1. The van der Waals surface area contributed by atoms with Crippen LogP contribution in [0.4, 0.5) is 0 Å². The maximum absolute atomic E-state index is 12.8. The zero-order chi connectivity index (χ0) is 19.4. The number of nitrogens with one attached hydrogen (secondary N) is 1. The lowest BCUT2D eigenvalue weighted by molar-refractivity contribution is 0.0606. The van der Waals surface area contributed by atoms with Crippen LogP contribution in [0.2, 0.25) is 0 Å². The van der Waals surface area contributed by atoms with Gasteiger partial charge in [-0.15, -0.1) is 0 Å². The van der Waals surface area contributed by atoms with Gasteiger partial charge in [0.2, 0.25) is 0 Å². The van der Waals surface area contributed by atoms with Crippen molar-refractivity contribution in [3.8, 4) is 12.1 Å². The fourth-order valence-electron chi connectivity index (χ4n) is 3.57. The van der Waals surface area contributed by atoms with Gasteiger partial charge in [-0.25, -0.2) is 5.84 Å². The van der Waals surface area contributed by atoms with Gasteiger partial charge in [0.25, 0.3) is 5.91 Å². The first-order valence-corrected chi connectivity index (χ1v) is 8.63. The van der Waals surface area contributed by atoms with E-state index >= 15 is 0 Å². The van der Waals surface area contributed by atoms with Crippen LogP contribution >= 0.6 is 0 Å². The molecule has 136 valence electrons. The number of azide groups is 1. The molecule has 1 aromatic heterocycles. The Bertz CT molecular complexity index is 997. The van der Waals surface area contributed by atoms with Gasteiger partial charge in [-0.2, -0.15) is 10.5 Å². The molecule has 0 aliphatic heterocycles. The molecule has 3 rings (SSSR count). The first kappa shape index (κ1) is 18.3. The molecule has 1 fully saturated rings. The van der Waals surface area contributed by atoms with Crippen LogP contribution in [0.25, 0.3) is 21.3 Å². The lowest BCUT2D eigenvalue weighted by atomic mass is 9.86. The lowest BCUT2D eigenvalue weighted by Gasteiger charge is -2.33. The number of nitrogens with two attached hydrogens (primary N) is 1. The third-order valence-corrected chi connectivity index (χ3v) is 5.07. The Hall–Kier alpha value is -3.52. The topological polar surface area (TPSA) is 158 Å². The van der Waals surface area contributed by atoms with Gasteiger partial charge in [0.05, 0.1) is 23.3 Å². The second-order valence-electron chi connectivity index (χ2n) is 6.69. The number of hydrogen-bond acceptors (Lipinski definition) is 5. The molecule has 1 aliphatic rings. The number of aromatic amines is 1. The smallest absolute Gasteiger partial charge is 0.284 e. The fraction of sp³-hybridized carbons (Fsp3) is 0.389. The molecule has 0 bridgehead atoms. The van der Waals surface area contributed by atoms with Crippen LogP contribution in [0.15, 0.2) is 23.3 Å². The van der Waals surface area contributed by atoms with Crippen LogP contribution in [-0.2, 0) is 0 Å². The number of nitriles is 2. The number of carbonyl (C=O) groups is 1. The lowest BCUT2D eigenvalue weighted by Crippen LogP contribution is -2.47. The minimum Gasteiger partial charge on any atom is -0.350 e. The third kappa shape index (κ3) is 3.70. The van der Waals surface area contributed by atoms with Crippen molar-refractivity contribution in [1.82, 2.24) is 9.99 Å². The largest absolute Gasteiger partial charge is 0.350 e. The second kappa shape index (κ2) is 7.79. The van der Waals surface area contributed by atoms with Crippen molar-refractivity contribution in [3.05, 3.63) is 45.5 Å². The van der Waals surface area contributed by atoms with E-state index in [2.05, 4.69) is 15.0 Å². The summed E-state index contributed by atoms with van der Waals surface area (Å²) in [7, 11) is 0. The standard InChI is InChI=1S/C18H18N8O/c19-8-12-5-13(9-20)15-7-17(24-16(15)6-12)18(27)26(22)14-3-1-11(2-4-14)10-23-25-21/h5-7,11,14,24H,1-4,10,22H2/t11-,14+. The highest BCUT2D eigenvalue weighted by atomic mass is 16.2. The van der Waals surface area contributed by atoms with Gasteiger partial charge < -0.3 is 4.98 Å². The average Bonchev–Trinajstić information content (AvgIpc) is 3.14. The molecule has 1 amide bonds. The van der Waals surface area contributed by atoms with Crippen LogP contribution in [-0.4, -0.2) is 28.5 Å². The van der Waals surface area contributed by atoms with Crippen molar-refractivity contribution in [1.29, 1.82) is 10.5 Å². The van der Waals surface area contributed by atoms with Crippen molar-refractivity contribution in [2.75, 3.05) is 6.54 Å². The molecule has 0 spiro atoms. The normalized spacial score (nSPS) is 18.9. The molecule has 27 heavy (non-hydrogen) atoms. The van der Waals surface area contributed by atoms with Crippen LogP contribution in [0.1, 0.15) is 47.3 Å². The van der Waals surface area contributed by atoms with E-state index in [0.29, 0.717) is 34.5 Å². The molecule has 1 saturated carbocycles. The molecule has 0 atom stereocenters. The molecule has 2 aromatic rings. The Morgan fingerprint density at radius 3 is 2.67 bits per heavy atom. The maximum atomic E-state index is 12.8. The minimum absolute atomic E-state index is 0.0867. The van der Waals surface area contributed by atoms with Crippen molar-refractivity contribution in [3.63, 3.8) is 0 Å². The number of benzene rings is 1. The van der Waals surface area contributed by atoms with Crippen molar-refractivity contribution >= 4 is 16.8 Å². The van der Waals surface area contributed by atoms with Crippen LogP contribution in [0.3, 0.4) is 0 Å². The summed E-state index contributed by atoms with van der Waals surface area (Å²) in [5.41, 5.74) is 9.94. The number of hydrogen-bond donors (Lipinski definition) is 2. The Labute approximate surface area is 155 Å². The molecule has 0 unspecified atom stereocenters. The summed E-state index contributed by atoms with van der Waals surface area (Å²) in [6.07, 6.45) is 3.19. The van der Waals surface area contributed by atoms with Crippen LogP contribution < -0.4 is 5.84 Å². The first-order valence-electron chi connectivity index (χ1n) is 8.63. The number of rotatable bonds is 4. The highest BCUT2D eigenvalue weighted by molar-refractivity contribution is 5.99. The van der Waals surface area contributed by atoms with E-state index < -0.39 is 0 Å². The summed E-state index contributed by atoms with van der Waals surface area (Å²) in [6.45, 7) is 0.474. The average molecular weight is 362 g/mol. The van der Waals surface area contributed by atoms with E-state index in [1.54, 1.807) is 12.1 Å². The third-order valence-electron chi connectivity index (χ3n) is 5.07. The number of amides is 1. The number of nitrogens with zero attached hydrogens (tertiary/aromatic N) is 6. The van der Waals surface area contributed by atoms with Gasteiger partial charge in [0.15, 0.2) is 0 Å². The molecule has 1 aliphatic carbocycles. The predicted octanol–water partition coefficient (Wildman–Crippen LogP) is 3.10.